The summed E-state index contributed by atoms with van der Waals surface area (Å²) < 4.78 is 42.7. The molecule has 0 saturated heterocycles. The highest BCUT2D eigenvalue weighted by atomic mass is 35.5. The number of ether oxygens (including phenoxy) is 3. The van der Waals surface area contributed by atoms with Crippen molar-refractivity contribution in [2.75, 3.05) is 27.9 Å². The van der Waals surface area contributed by atoms with Gasteiger partial charge in [0.1, 0.15) is 5.75 Å². The summed E-state index contributed by atoms with van der Waals surface area (Å²) in [6.07, 6.45) is 0.503. The largest absolute Gasteiger partial charge is 0.495 e. The van der Waals surface area contributed by atoms with Crippen LogP contribution in [0.3, 0.4) is 0 Å². The van der Waals surface area contributed by atoms with Crippen molar-refractivity contribution in [3.8, 4) is 17.2 Å². The van der Waals surface area contributed by atoms with Gasteiger partial charge < -0.3 is 14.2 Å². The van der Waals surface area contributed by atoms with Crippen molar-refractivity contribution < 1.29 is 22.6 Å². The quantitative estimate of drug-likeness (QED) is 0.756. The second kappa shape index (κ2) is 8.42. The second-order valence-corrected chi connectivity index (χ2v) is 7.31. The van der Waals surface area contributed by atoms with Gasteiger partial charge >= 0.3 is 0 Å². The lowest BCUT2D eigenvalue weighted by Gasteiger charge is -2.11. The van der Waals surface area contributed by atoms with Crippen LogP contribution >= 0.6 is 11.6 Å². The molecule has 0 radical (unpaired) electrons. The average Bonchev–Trinajstić information content (AvgIpc) is 2.61. The molecule has 1 N–H and O–H groups in total. The summed E-state index contributed by atoms with van der Waals surface area (Å²) in [6, 6.07) is 9.79. The first-order valence-electron chi connectivity index (χ1n) is 7.45. The van der Waals surface area contributed by atoms with Crippen molar-refractivity contribution >= 4 is 21.6 Å². The van der Waals surface area contributed by atoms with Crippen LogP contribution in [0.25, 0.3) is 0 Å². The van der Waals surface area contributed by atoms with Gasteiger partial charge in [-0.15, -0.1) is 0 Å². The number of methoxy groups -OCH3 is 3. The molecule has 25 heavy (non-hydrogen) atoms. The molecule has 0 aliphatic heterocycles. The first kappa shape index (κ1) is 19.4. The van der Waals surface area contributed by atoms with Crippen LogP contribution in [0.4, 0.5) is 0 Å². The Kier molecular flexibility index (Phi) is 6.52. The number of halogens is 1. The third-order valence-electron chi connectivity index (χ3n) is 3.59. The van der Waals surface area contributed by atoms with E-state index in [4.69, 9.17) is 25.8 Å². The van der Waals surface area contributed by atoms with Gasteiger partial charge in [-0.3, -0.25) is 0 Å². The molecule has 2 aromatic carbocycles. The monoisotopic (exact) mass is 385 g/mol. The van der Waals surface area contributed by atoms with Gasteiger partial charge in [-0.25, -0.2) is 13.1 Å². The molecule has 0 aliphatic carbocycles. The fourth-order valence-corrected chi connectivity index (χ4v) is 3.64. The Hall–Kier alpha value is -1.96. The van der Waals surface area contributed by atoms with Crippen LogP contribution in [0.1, 0.15) is 5.56 Å². The third kappa shape index (κ3) is 4.78. The van der Waals surface area contributed by atoms with Gasteiger partial charge in [0.2, 0.25) is 10.0 Å². The molecule has 2 aromatic rings. The first-order valence-corrected chi connectivity index (χ1v) is 9.31. The average molecular weight is 386 g/mol. The third-order valence-corrected chi connectivity index (χ3v) is 5.34. The Morgan fingerprint density at radius 2 is 1.56 bits per heavy atom. The predicted molar refractivity (Wildman–Crippen MR) is 96.4 cm³/mol. The number of hydrogen-bond acceptors (Lipinski definition) is 5. The van der Waals surface area contributed by atoms with Gasteiger partial charge in [0.05, 0.1) is 31.2 Å². The lowest BCUT2D eigenvalue weighted by Crippen LogP contribution is -2.26. The zero-order chi connectivity index (χ0) is 18.4. The van der Waals surface area contributed by atoms with Gasteiger partial charge in [-0.1, -0.05) is 17.7 Å². The number of sulfonamides is 1. The van der Waals surface area contributed by atoms with Crippen LogP contribution in [-0.2, 0) is 16.4 Å². The smallest absolute Gasteiger partial charge is 0.240 e. The highest BCUT2D eigenvalue weighted by Gasteiger charge is 2.15. The topological polar surface area (TPSA) is 73.9 Å². The molecule has 0 bridgehead atoms. The van der Waals surface area contributed by atoms with Crippen molar-refractivity contribution in [1.82, 2.24) is 4.72 Å². The zero-order valence-electron chi connectivity index (χ0n) is 14.2. The maximum absolute atomic E-state index is 12.3. The Labute approximate surface area is 152 Å². The second-order valence-electron chi connectivity index (χ2n) is 5.13. The summed E-state index contributed by atoms with van der Waals surface area (Å²) >= 11 is 5.98. The molecule has 2 rings (SSSR count). The van der Waals surface area contributed by atoms with E-state index in [0.717, 1.165) is 5.56 Å². The van der Waals surface area contributed by atoms with Crippen LogP contribution in [0.15, 0.2) is 41.3 Å². The molecule has 0 aliphatic rings. The maximum atomic E-state index is 12.3. The summed E-state index contributed by atoms with van der Waals surface area (Å²) in [7, 11) is 0.931. The van der Waals surface area contributed by atoms with E-state index in [1.807, 2.05) is 12.1 Å². The molecule has 136 valence electrons. The molecule has 0 unspecified atom stereocenters. The Morgan fingerprint density at radius 1 is 0.920 bits per heavy atom. The highest BCUT2D eigenvalue weighted by Crippen LogP contribution is 2.28. The fraction of sp³-hybridized carbons (Fsp3) is 0.294. The summed E-state index contributed by atoms with van der Waals surface area (Å²) in [5.74, 6) is 1.65. The van der Waals surface area contributed by atoms with Crippen molar-refractivity contribution in [3.63, 3.8) is 0 Å². The van der Waals surface area contributed by atoms with Crippen molar-refractivity contribution in [1.29, 1.82) is 0 Å². The summed E-state index contributed by atoms with van der Waals surface area (Å²) in [4.78, 5) is 0.0885. The van der Waals surface area contributed by atoms with Crippen LogP contribution in [0.2, 0.25) is 5.02 Å². The Balaban J connectivity index is 2.04. The van der Waals surface area contributed by atoms with Gasteiger partial charge in [0.15, 0.2) is 11.5 Å². The molecule has 8 heteroatoms. The minimum Gasteiger partial charge on any atom is -0.495 e. The van der Waals surface area contributed by atoms with Crippen molar-refractivity contribution in [2.45, 2.75) is 11.3 Å². The van der Waals surface area contributed by atoms with Crippen molar-refractivity contribution in [2.24, 2.45) is 0 Å². The van der Waals surface area contributed by atoms with Gasteiger partial charge in [-0.2, -0.15) is 0 Å². The van der Waals surface area contributed by atoms with E-state index in [0.29, 0.717) is 23.7 Å². The fourth-order valence-electron chi connectivity index (χ4n) is 2.26. The lowest BCUT2D eigenvalue weighted by atomic mass is 10.1. The van der Waals surface area contributed by atoms with Crippen LogP contribution in [0.5, 0.6) is 17.2 Å². The number of benzene rings is 2. The van der Waals surface area contributed by atoms with Crippen LogP contribution in [0, 0.1) is 0 Å². The van der Waals surface area contributed by atoms with E-state index >= 15 is 0 Å². The van der Waals surface area contributed by atoms with Crippen molar-refractivity contribution in [3.05, 3.63) is 47.0 Å². The highest BCUT2D eigenvalue weighted by molar-refractivity contribution is 7.89. The standard InChI is InChI=1S/C17H20ClNO5S/c1-22-15-7-5-13(11-14(15)18)25(20,21)19-9-8-12-4-6-16(23-2)17(10-12)24-3/h4-7,10-11,19H,8-9H2,1-3H3. The minimum absolute atomic E-state index is 0.0885. The number of nitrogens with one attached hydrogen (secondary N) is 1. The molecule has 0 saturated carbocycles. The lowest BCUT2D eigenvalue weighted by molar-refractivity contribution is 0.354. The molecular weight excluding hydrogens is 366 g/mol. The molecular formula is C17H20ClNO5S. The Morgan fingerprint density at radius 3 is 2.16 bits per heavy atom. The van der Waals surface area contributed by atoms with E-state index in [1.54, 1.807) is 20.3 Å². The Bertz CT molecular complexity index is 839. The molecule has 0 spiro atoms. The van der Waals surface area contributed by atoms with Crippen LogP contribution in [-0.4, -0.2) is 36.3 Å². The van der Waals surface area contributed by atoms with E-state index in [2.05, 4.69) is 4.72 Å². The summed E-state index contributed by atoms with van der Waals surface area (Å²) in [5.41, 5.74) is 0.924. The normalized spacial score (nSPS) is 11.2. The maximum Gasteiger partial charge on any atom is 0.240 e. The molecule has 0 aromatic heterocycles. The number of rotatable bonds is 8. The van der Waals surface area contributed by atoms with E-state index in [1.165, 1.54) is 25.3 Å². The molecule has 6 nitrogen and oxygen atoms in total. The molecule has 0 heterocycles. The van der Waals surface area contributed by atoms with Gasteiger partial charge in [0, 0.05) is 6.54 Å². The summed E-state index contributed by atoms with van der Waals surface area (Å²) in [6.45, 7) is 0.238. The van der Waals surface area contributed by atoms with Crippen LogP contribution < -0.4 is 18.9 Å². The summed E-state index contributed by atoms with van der Waals surface area (Å²) in [5, 5.41) is 0.241. The molecule has 0 fully saturated rings. The first-order chi connectivity index (χ1) is 11.9. The zero-order valence-corrected chi connectivity index (χ0v) is 15.8. The van der Waals surface area contributed by atoms with E-state index < -0.39 is 10.0 Å². The SMILES string of the molecule is COc1ccc(S(=O)(=O)NCCc2ccc(OC)c(OC)c2)cc1Cl. The van der Waals surface area contributed by atoms with Gasteiger partial charge in [-0.05, 0) is 42.3 Å². The van der Waals surface area contributed by atoms with Gasteiger partial charge in [0.25, 0.3) is 0 Å². The number of hydrogen-bond donors (Lipinski definition) is 1. The molecule has 0 amide bonds. The van der Waals surface area contributed by atoms with E-state index in [9.17, 15) is 8.42 Å². The van der Waals surface area contributed by atoms with E-state index in [-0.39, 0.29) is 16.5 Å². The molecule has 0 atom stereocenters. The predicted octanol–water partition coefficient (Wildman–Crippen LogP) is 2.89. The minimum atomic E-state index is -3.65.